The van der Waals surface area contributed by atoms with Crippen molar-refractivity contribution in [2.75, 3.05) is 6.54 Å². The number of hydrogen-bond donors (Lipinski definition) is 2. The zero-order valence-electron chi connectivity index (χ0n) is 15.5. The number of hydrogen-bond acceptors (Lipinski definition) is 4. The van der Waals surface area contributed by atoms with Crippen molar-refractivity contribution >= 4 is 0 Å². The summed E-state index contributed by atoms with van der Waals surface area (Å²) in [6.45, 7) is 5.14. The first-order valence-corrected chi connectivity index (χ1v) is 9.60. The van der Waals surface area contributed by atoms with Gasteiger partial charge in [0.15, 0.2) is 0 Å². The average Bonchev–Trinajstić information content (AvgIpc) is 3.08. The van der Waals surface area contributed by atoms with Crippen molar-refractivity contribution in [1.29, 1.82) is 0 Å². The molecule has 2 heterocycles. The molecule has 2 atom stereocenters. The number of pyridine rings is 1. The predicted molar refractivity (Wildman–Crippen MR) is 101 cm³/mol. The maximum absolute atomic E-state index is 5.78. The van der Waals surface area contributed by atoms with Crippen LogP contribution in [0, 0.1) is 0 Å². The second kappa shape index (κ2) is 8.59. The maximum Gasteiger partial charge on any atom is 0.110 e. The molecule has 0 saturated heterocycles. The number of nitrogens with one attached hydrogen (secondary N) is 1. The van der Waals surface area contributed by atoms with Crippen LogP contribution in [0.2, 0.25) is 0 Å². The number of nitrogens with two attached hydrogens (primary N) is 1. The van der Waals surface area contributed by atoms with E-state index in [-0.39, 0.29) is 0 Å². The fraction of sp³-hybridized carbons (Fsp3) is 0.600. The van der Waals surface area contributed by atoms with E-state index < -0.39 is 0 Å². The number of fused-ring (bicyclic) bond motifs is 1. The zero-order chi connectivity index (χ0) is 17.6. The van der Waals surface area contributed by atoms with Gasteiger partial charge in [0.1, 0.15) is 5.82 Å². The van der Waals surface area contributed by atoms with Crippen LogP contribution in [0.3, 0.4) is 0 Å². The van der Waals surface area contributed by atoms with Crippen molar-refractivity contribution < 1.29 is 0 Å². The molecule has 0 fully saturated rings. The number of rotatable bonds is 8. The summed E-state index contributed by atoms with van der Waals surface area (Å²) in [7, 11) is 0. The summed E-state index contributed by atoms with van der Waals surface area (Å²) in [5.41, 5.74) is 8.41. The molecule has 0 bridgehead atoms. The fourth-order valence-corrected chi connectivity index (χ4v) is 3.86. The molecule has 5 heteroatoms. The molecule has 0 aromatic carbocycles. The SMILES string of the molecule is CC(C)n1ccnc1CC(CCCN)NC1CCCc2cccnc21. The number of nitrogens with zero attached hydrogens (tertiary/aromatic N) is 3. The quantitative estimate of drug-likeness (QED) is 0.774. The lowest BCUT2D eigenvalue weighted by Crippen LogP contribution is -2.37. The molecule has 2 unspecified atom stereocenters. The Morgan fingerprint density at radius 1 is 1.32 bits per heavy atom. The highest BCUT2D eigenvalue weighted by molar-refractivity contribution is 5.25. The Morgan fingerprint density at radius 2 is 2.20 bits per heavy atom. The van der Waals surface area contributed by atoms with Gasteiger partial charge in [-0.2, -0.15) is 0 Å². The molecule has 1 aliphatic rings. The van der Waals surface area contributed by atoms with E-state index in [2.05, 4.69) is 46.0 Å². The Labute approximate surface area is 151 Å². The van der Waals surface area contributed by atoms with E-state index in [1.165, 1.54) is 17.7 Å². The molecular formula is C20H31N5. The molecule has 136 valence electrons. The lowest BCUT2D eigenvalue weighted by Gasteiger charge is -2.30. The third kappa shape index (κ3) is 4.47. The van der Waals surface area contributed by atoms with Crippen molar-refractivity contribution in [3.05, 3.63) is 47.8 Å². The van der Waals surface area contributed by atoms with Gasteiger partial charge < -0.3 is 15.6 Å². The van der Waals surface area contributed by atoms with E-state index in [4.69, 9.17) is 5.73 Å². The molecule has 2 aromatic rings. The third-order valence-electron chi connectivity index (χ3n) is 5.12. The lowest BCUT2D eigenvalue weighted by molar-refractivity contribution is 0.358. The Bertz CT molecular complexity index is 664. The zero-order valence-corrected chi connectivity index (χ0v) is 15.5. The van der Waals surface area contributed by atoms with Crippen molar-refractivity contribution in [1.82, 2.24) is 19.9 Å². The topological polar surface area (TPSA) is 68.8 Å². The summed E-state index contributed by atoms with van der Waals surface area (Å²) in [5, 5.41) is 3.88. The molecule has 1 aliphatic carbocycles. The van der Waals surface area contributed by atoms with Gasteiger partial charge in [0.05, 0.1) is 5.69 Å². The molecule has 0 radical (unpaired) electrons. The molecule has 0 saturated carbocycles. The number of aryl methyl sites for hydroxylation is 1. The molecule has 3 N–H and O–H groups in total. The van der Waals surface area contributed by atoms with Crippen LogP contribution in [0.5, 0.6) is 0 Å². The summed E-state index contributed by atoms with van der Waals surface area (Å²) in [6.07, 6.45) is 12.5. The van der Waals surface area contributed by atoms with Crippen LogP contribution in [0.1, 0.15) is 68.7 Å². The summed E-state index contributed by atoms with van der Waals surface area (Å²) >= 11 is 0. The Hall–Kier alpha value is -1.72. The molecule has 0 aliphatic heterocycles. The van der Waals surface area contributed by atoms with Gasteiger partial charge in [0, 0.05) is 43.1 Å². The van der Waals surface area contributed by atoms with Gasteiger partial charge in [0.25, 0.3) is 0 Å². The molecule has 0 spiro atoms. The van der Waals surface area contributed by atoms with E-state index in [1.54, 1.807) is 0 Å². The Kier molecular flexibility index (Phi) is 6.21. The van der Waals surface area contributed by atoms with Crippen molar-refractivity contribution in [2.24, 2.45) is 5.73 Å². The van der Waals surface area contributed by atoms with Crippen LogP contribution in [-0.2, 0) is 12.8 Å². The van der Waals surface area contributed by atoms with Crippen LogP contribution in [0.25, 0.3) is 0 Å². The van der Waals surface area contributed by atoms with Gasteiger partial charge in [0.2, 0.25) is 0 Å². The highest BCUT2D eigenvalue weighted by Crippen LogP contribution is 2.28. The molecule has 25 heavy (non-hydrogen) atoms. The second-order valence-electron chi connectivity index (χ2n) is 7.34. The standard InChI is InChI=1S/C20H31N5/c1-15(2)25-13-12-22-19(25)14-17(8-4-10-21)24-18-9-3-6-16-7-5-11-23-20(16)18/h5,7,11-13,15,17-18,24H,3-4,6,8-10,14,21H2,1-2H3. The number of imidazole rings is 1. The normalized spacial score (nSPS) is 18.3. The fourth-order valence-electron chi connectivity index (χ4n) is 3.86. The first-order valence-electron chi connectivity index (χ1n) is 9.60. The van der Waals surface area contributed by atoms with E-state index in [1.807, 2.05) is 18.5 Å². The van der Waals surface area contributed by atoms with Gasteiger partial charge in [-0.1, -0.05) is 6.07 Å². The Morgan fingerprint density at radius 3 is 3.00 bits per heavy atom. The van der Waals surface area contributed by atoms with Gasteiger partial charge in [-0.15, -0.1) is 0 Å². The third-order valence-corrected chi connectivity index (χ3v) is 5.12. The van der Waals surface area contributed by atoms with Crippen molar-refractivity contribution in [3.8, 4) is 0 Å². The monoisotopic (exact) mass is 341 g/mol. The van der Waals surface area contributed by atoms with Gasteiger partial charge in [-0.3, -0.25) is 4.98 Å². The largest absolute Gasteiger partial charge is 0.332 e. The molecule has 2 aromatic heterocycles. The minimum Gasteiger partial charge on any atom is -0.332 e. The van der Waals surface area contributed by atoms with Crippen LogP contribution in [0.4, 0.5) is 0 Å². The molecule has 5 nitrogen and oxygen atoms in total. The average molecular weight is 342 g/mol. The van der Waals surface area contributed by atoms with E-state index in [0.29, 0.717) is 18.1 Å². The van der Waals surface area contributed by atoms with E-state index in [0.717, 1.165) is 44.5 Å². The van der Waals surface area contributed by atoms with E-state index >= 15 is 0 Å². The smallest absolute Gasteiger partial charge is 0.110 e. The molecular weight excluding hydrogens is 310 g/mol. The summed E-state index contributed by atoms with van der Waals surface area (Å²) in [4.78, 5) is 9.27. The van der Waals surface area contributed by atoms with E-state index in [9.17, 15) is 0 Å². The lowest BCUT2D eigenvalue weighted by atomic mass is 9.90. The van der Waals surface area contributed by atoms with Gasteiger partial charge in [-0.25, -0.2) is 4.98 Å². The Balaban J connectivity index is 1.74. The van der Waals surface area contributed by atoms with Crippen LogP contribution < -0.4 is 11.1 Å². The van der Waals surface area contributed by atoms with Crippen LogP contribution in [0.15, 0.2) is 30.7 Å². The molecule has 3 rings (SSSR count). The minimum absolute atomic E-state index is 0.343. The van der Waals surface area contributed by atoms with Gasteiger partial charge in [-0.05, 0) is 64.1 Å². The summed E-state index contributed by atoms with van der Waals surface area (Å²) < 4.78 is 2.27. The van der Waals surface area contributed by atoms with Crippen molar-refractivity contribution in [2.45, 2.75) is 70.5 Å². The first kappa shape index (κ1) is 18.1. The molecule has 0 amide bonds. The maximum atomic E-state index is 5.78. The predicted octanol–water partition coefficient (Wildman–Crippen LogP) is 3.18. The summed E-state index contributed by atoms with van der Waals surface area (Å²) in [5.74, 6) is 1.15. The number of aromatic nitrogens is 3. The van der Waals surface area contributed by atoms with Gasteiger partial charge >= 0.3 is 0 Å². The van der Waals surface area contributed by atoms with Crippen LogP contribution >= 0.6 is 0 Å². The summed E-state index contributed by atoms with van der Waals surface area (Å²) in [6, 6.07) is 5.42. The first-order chi connectivity index (χ1) is 12.2. The highest BCUT2D eigenvalue weighted by Gasteiger charge is 2.24. The van der Waals surface area contributed by atoms with Crippen molar-refractivity contribution in [3.63, 3.8) is 0 Å². The minimum atomic E-state index is 0.343. The highest BCUT2D eigenvalue weighted by atomic mass is 15.1. The van der Waals surface area contributed by atoms with Crippen LogP contribution in [-0.4, -0.2) is 27.1 Å². The second-order valence-corrected chi connectivity index (χ2v) is 7.34.